The van der Waals surface area contributed by atoms with Crippen molar-refractivity contribution in [3.05, 3.63) is 11.9 Å². The second-order valence-corrected chi connectivity index (χ2v) is 5.12. The van der Waals surface area contributed by atoms with Crippen molar-refractivity contribution in [2.45, 2.75) is 52.7 Å². The zero-order valence-electron chi connectivity index (χ0n) is 12.9. The summed E-state index contributed by atoms with van der Waals surface area (Å²) in [6.07, 6.45) is 3.69. The van der Waals surface area contributed by atoms with Crippen molar-refractivity contribution in [1.29, 1.82) is 0 Å². The van der Waals surface area contributed by atoms with Crippen molar-refractivity contribution in [2.75, 3.05) is 29.9 Å². The summed E-state index contributed by atoms with van der Waals surface area (Å²) >= 11 is 0. The number of rotatable bonds is 9. The summed E-state index contributed by atoms with van der Waals surface area (Å²) in [6.45, 7) is 9.36. The molecule has 1 aromatic rings. The summed E-state index contributed by atoms with van der Waals surface area (Å²) in [6, 6.07) is 2.73. The van der Waals surface area contributed by atoms with E-state index in [1.807, 2.05) is 6.92 Å². The van der Waals surface area contributed by atoms with Gasteiger partial charge < -0.3 is 15.0 Å². The lowest BCUT2D eigenvalue weighted by molar-refractivity contribution is 0.128. The van der Waals surface area contributed by atoms with Crippen LogP contribution < -0.4 is 10.2 Å². The molecule has 1 aromatic heterocycles. The normalized spacial score (nSPS) is 14.3. The molecule has 0 radical (unpaired) electrons. The van der Waals surface area contributed by atoms with Crippen molar-refractivity contribution in [2.24, 2.45) is 0 Å². The van der Waals surface area contributed by atoms with Crippen LogP contribution in [0.1, 0.15) is 45.9 Å². The molecule has 1 aliphatic rings. The fourth-order valence-corrected chi connectivity index (χ4v) is 2.27. The molecule has 1 aliphatic carbocycles. The zero-order valence-corrected chi connectivity index (χ0v) is 12.9. The Balaban J connectivity index is 2.21. The summed E-state index contributed by atoms with van der Waals surface area (Å²) < 4.78 is 5.45. The lowest BCUT2D eigenvalue weighted by Crippen LogP contribution is -2.28. The van der Waals surface area contributed by atoms with Crippen molar-refractivity contribution in [3.8, 4) is 0 Å². The molecule has 5 nitrogen and oxygen atoms in total. The maximum absolute atomic E-state index is 5.45. The highest BCUT2D eigenvalue weighted by Gasteiger charge is 2.29. The van der Waals surface area contributed by atoms with E-state index in [1.54, 1.807) is 0 Å². The van der Waals surface area contributed by atoms with E-state index in [1.165, 1.54) is 12.8 Å². The monoisotopic (exact) mass is 278 g/mol. The first kappa shape index (κ1) is 15.0. The summed E-state index contributed by atoms with van der Waals surface area (Å²) in [5, 5.41) is 3.29. The van der Waals surface area contributed by atoms with E-state index >= 15 is 0 Å². The van der Waals surface area contributed by atoms with Gasteiger partial charge in [-0.3, -0.25) is 0 Å². The molecule has 5 heteroatoms. The number of hydrogen-bond donors (Lipinski definition) is 1. The van der Waals surface area contributed by atoms with Gasteiger partial charge >= 0.3 is 0 Å². The molecule has 0 bridgehead atoms. The van der Waals surface area contributed by atoms with Crippen molar-refractivity contribution >= 4 is 11.6 Å². The molecule has 0 amide bonds. The van der Waals surface area contributed by atoms with E-state index in [0.717, 1.165) is 37.0 Å². The van der Waals surface area contributed by atoms with E-state index in [-0.39, 0.29) is 0 Å². The predicted molar refractivity (Wildman–Crippen MR) is 82.2 cm³/mol. The van der Waals surface area contributed by atoms with Gasteiger partial charge in [-0.25, -0.2) is 9.97 Å². The summed E-state index contributed by atoms with van der Waals surface area (Å²) in [5.74, 6) is 2.70. The average Bonchev–Trinajstić information content (AvgIpc) is 3.27. The van der Waals surface area contributed by atoms with Crippen LogP contribution in [0.2, 0.25) is 0 Å². The average molecular weight is 278 g/mol. The van der Waals surface area contributed by atoms with Gasteiger partial charge in [-0.1, -0.05) is 6.92 Å². The first-order chi connectivity index (χ1) is 9.78. The molecule has 20 heavy (non-hydrogen) atoms. The van der Waals surface area contributed by atoms with Gasteiger partial charge in [0, 0.05) is 31.8 Å². The Morgan fingerprint density at radius 3 is 2.70 bits per heavy atom. The first-order valence-electron chi connectivity index (χ1n) is 7.74. The van der Waals surface area contributed by atoms with E-state index in [2.05, 4.69) is 40.1 Å². The number of aromatic nitrogens is 2. The van der Waals surface area contributed by atoms with Crippen molar-refractivity contribution in [3.63, 3.8) is 0 Å². The molecular formula is C15H26N4O. The maximum Gasteiger partial charge on any atom is 0.158 e. The van der Waals surface area contributed by atoms with Crippen LogP contribution in [0.15, 0.2) is 6.07 Å². The minimum absolute atomic E-state index is 0.480. The van der Waals surface area contributed by atoms with Gasteiger partial charge in [0.25, 0.3) is 0 Å². The Hall–Kier alpha value is -1.36. The highest BCUT2D eigenvalue weighted by Crippen LogP contribution is 2.31. The fourth-order valence-electron chi connectivity index (χ4n) is 2.27. The van der Waals surface area contributed by atoms with Gasteiger partial charge in [-0.15, -0.1) is 0 Å². The predicted octanol–water partition coefficient (Wildman–Crippen LogP) is 2.82. The number of ether oxygens (including phenoxy) is 1. The van der Waals surface area contributed by atoms with Gasteiger partial charge in [0.05, 0.1) is 0 Å². The van der Waals surface area contributed by atoms with Crippen LogP contribution in [0.3, 0.4) is 0 Å². The molecule has 2 rings (SSSR count). The number of nitrogens with zero attached hydrogens (tertiary/aromatic N) is 3. The van der Waals surface area contributed by atoms with Crippen LogP contribution in [0, 0.1) is 0 Å². The molecule has 0 atom stereocenters. The number of anilines is 2. The third-order valence-electron chi connectivity index (χ3n) is 3.30. The Morgan fingerprint density at radius 1 is 1.30 bits per heavy atom. The lowest BCUT2D eigenvalue weighted by atomic mass is 10.3. The van der Waals surface area contributed by atoms with E-state index in [0.29, 0.717) is 19.3 Å². The number of nitrogens with one attached hydrogen (secondary N) is 1. The Kier molecular flexibility index (Phi) is 5.59. The SMILES string of the molecule is CCCN(c1cc(NCC)nc(COCC)n1)C1CC1. The molecule has 1 N–H and O–H groups in total. The largest absolute Gasteiger partial charge is 0.374 e. The molecule has 0 saturated heterocycles. The summed E-state index contributed by atoms with van der Waals surface area (Å²) in [4.78, 5) is 11.6. The topological polar surface area (TPSA) is 50.3 Å². The maximum atomic E-state index is 5.45. The van der Waals surface area contributed by atoms with Crippen LogP contribution >= 0.6 is 0 Å². The summed E-state index contributed by atoms with van der Waals surface area (Å²) in [5.41, 5.74) is 0. The summed E-state index contributed by atoms with van der Waals surface area (Å²) in [7, 11) is 0. The van der Waals surface area contributed by atoms with Crippen LogP contribution in [-0.4, -0.2) is 35.7 Å². The Labute approximate surface area is 121 Å². The Bertz CT molecular complexity index is 420. The molecular weight excluding hydrogens is 252 g/mol. The quantitative estimate of drug-likeness (QED) is 0.752. The van der Waals surface area contributed by atoms with E-state index < -0.39 is 0 Å². The minimum atomic E-state index is 0.480. The van der Waals surface area contributed by atoms with Gasteiger partial charge in [0.2, 0.25) is 0 Å². The molecule has 0 aromatic carbocycles. The van der Waals surface area contributed by atoms with Crippen LogP contribution in [0.25, 0.3) is 0 Å². The highest BCUT2D eigenvalue weighted by atomic mass is 16.5. The Morgan fingerprint density at radius 2 is 2.10 bits per heavy atom. The van der Waals surface area contributed by atoms with Crippen molar-refractivity contribution < 1.29 is 4.74 Å². The van der Waals surface area contributed by atoms with Gasteiger partial charge in [0.1, 0.15) is 18.2 Å². The fraction of sp³-hybridized carbons (Fsp3) is 0.733. The standard InChI is InChI=1S/C15H26N4O/c1-4-9-19(12-7-8-12)15-10-13(16-5-2)17-14(18-15)11-20-6-3/h10,12H,4-9,11H2,1-3H3,(H,16,17,18). The molecule has 0 unspecified atom stereocenters. The van der Waals surface area contributed by atoms with Crippen LogP contribution in [0.4, 0.5) is 11.6 Å². The van der Waals surface area contributed by atoms with Gasteiger partial charge in [0.15, 0.2) is 5.82 Å². The van der Waals surface area contributed by atoms with Crippen LogP contribution in [-0.2, 0) is 11.3 Å². The molecule has 1 saturated carbocycles. The van der Waals surface area contributed by atoms with Gasteiger partial charge in [-0.05, 0) is 33.1 Å². The lowest BCUT2D eigenvalue weighted by Gasteiger charge is -2.24. The third-order valence-corrected chi connectivity index (χ3v) is 3.30. The molecule has 1 fully saturated rings. The van der Waals surface area contributed by atoms with E-state index in [9.17, 15) is 0 Å². The van der Waals surface area contributed by atoms with Gasteiger partial charge in [-0.2, -0.15) is 0 Å². The zero-order chi connectivity index (χ0) is 14.4. The molecule has 1 heterocycles. The smallest absolute Gasteiger partial charge is 0.158 e. The number of hydrogen-bond acceptors (Lipinski definition) is 5. The molecule has 112 valence electrons. The third kappa shape index (κ3) is 4.07. The molecule has 0 spiro atoms. The van der Waals surface area contributed by atoms with E-state index in [4.69, 9.17) is 4.74 Å². The second kappa shape index (κ2) is 7.43. The second-order valence-electron chi connectivity index (χ2n) is 5.12. The van der Waals surface area contributed by atoms with Crippen LogP contribution in [0.5, 0.6) is 0 Å². The molecule has 0 aliphatic heterocycles. The van der Waals surface area contributed by atoms with Crippen molar-refractivity contribution in [1.82, 2.24) is 9.97 Å². The highest BCUT2D eigenvalue weighted by molar-refractivity contribution is 5.51. The minimum Gasteiger partial charge on any atom is -0.374 e. The first-order valence-corrected chi connectivity index (χ1v) is 7.74.